The highest BCUT2D eigenvalue weighted by molar-refractivity contribution is 7.92. The SMILES string of the molecule is CN1CCN(C2CCC(n3cc(-c4ccc(NS(=O)(=O)c5cccc(Cl)c5Cl)c(F)c4)c4c(N)ncnc43)CC2)CC1.O=C(O)/C=C/C(=O)O. The highest BCUT2D eigenvalue weighted by Gasteiger charge is 2.30. The van der Waals surface area contributed by atoms with Crippen LogP contribution >= 0.6 is 23.2 Å². The van der Waals surface area contributed by atoms with Crippen molar-refractivity contribution in [1.29, 1.82) is 0 Å². The zero-order chi connectivity index (χ0) is 36.2. The van der Waals surface area contributed by atoms with Crippen LogP contribution in [0.15, 0.2) is 66.0 Å². The number of aromatic nitrogens is 3. The van der Waals surface area contributed by atoms with Gasteiger partial charge in [-0.25, -0.2) is 32.4 Å². The Labute approximate surface area is 298 Å². The molecular weight excluding hydrogens is 712 g/mol. The summed E-state index contributed by atoms with van der Waals surface area (Å²) >= 11 is 12.1. The summed E-state index contributed by atoms with van der Waals surface area (Å²) in [6.45, 7) is 4.42. The van der Waals surface area contributed by atoms with Crippen LogP contribution in [0.25, 0.3) is 22.2 Å². The second-order valence-corrected chi connectivity index (χ2v) is 14.5. The molecule has 4 aromatic rings. The molecule has 2 fully saturated rings. The third kappa shape index (κ3) is 8.53. The first-order chi connectivity index (χ1) is 23.7. The van der Waals surface area contributed by atoms with E-state index in [4.69, 9.17) is 39.1 Å². The number of piperazine rings is 1. The second-order valence-electron chi connectivity index (χ2n) is 12.1. The van der Waals surface area contributed by atoms with Gasteiger partial charge >= 0.3 is 11.9 Å². The van der Waals surface area contributed by atoms with Crippen LogP contribution in [0.3, 0.4) is 0 Å². The molecule has 17 heteroatoms. The summed E-state index contributed by atoms with van der Waals surface area (Å²) in [6, 6.07) is 9.38. The molecule has 5 N–H and O–H groups in total. The van der Waals surface area contributed by atoms with E-state index >= 15 is 4.39 Å². The molecule has 0 unspecified atom stereocenters. The number of rotatable bonds is 8. The minimum atomic E-state index is -4.19. The molecule has 6 rings (SSSR count). The normalized spacial score (nSPS) is 18.9. The monoisotopic (exact) mass is 747 g/mol. The van der Waals surface area contributed by atoms with Gasteiger partial charge in [-0.05, 0) is 62.6 Å². The number of nitrogen functional groups attached to an aromatic ring is 1. The maximum absolute atomic E-state index is 15.4. The number of benzene rings is 2. The van der Waals surface area contributed by atoms with Crippen LogP contribution in [0.4, 0.5) is 15.9 Å². The number of aliphatic carboxylic acids is 2. The fourth-order valence-corrected chi connectivity index (χ4v) is 8.12. The first kappa shape index (κ1) is 37.0. The molecule has 13 nitrogen and oxygen atoms in total. The van der Waals surface area contributed by atoms with E-state index in [9.17, 15) is 18.0 Å². The van der Waals surface area contributed by atoms with Crippen molar-refractivity contribution in [1.82, 2.24) is 24.3 Å². The van der Waals surface area contributed by atoms with Crippen LogP contribution in [0.2, 0.25) is 10.0 Å². The number of nitrogens with zero attached hydrogens (tertiary/aromatic N) is 5. The van der Waals surface area contributed by atoms with Crippen molar-refractivity contribution in [3.05, 3.63) is 76.9 Å². The number of fused-ring (bicyclic) bond motifs is 1. The van der Waals surface area contributed by atoms with E-state index in [-0.39, 0.29) is 26.7 Å². The lowest BCUT2D eigenvalue weighted by atomic mass is 9.89. The average Bonchev–Trinajstić information content (AvgIpc) is 3.47. The Bertz CT molecular complexity index is 2010. The molecule has 0 bridgehead atoms. The fraction of sp³-hybridized carbons (Fsp3) is 0.333. The first-order valence-corrected chi connectivity index (χ1v) is 17.9. The number of hydrogen-bond donors (Lipinski definition) is 4. The van der Waals surface area contributed by atoms with Crippen molar-refractivity contribution in [2.75, 3.05) is 43.7 Å². The lowest BCUT2D eigenvalue weighted by Gasteiger charge is -2.41. The molecule has 2 aromatic heterocycles. The van der Waals surface area contributed by atoms with Crippen LogP contribution in [0.5, 0.6) is 0 Å². The van der Waals surface area contributed by atoms with Gasteiger partial charge in [0.05, 0.1) is 21.1 Å². The number of sulfonamides is 1. The number of nitrogens with one attached hydrogen (secondary N) is 1. The molecule has 1 aliphatic carbocycles. The van der Waals surface area contributed by atoms with E-state index < -0.39 is 27.8 Å². The van der Waals surface area contributed by atoms with E-state index in [0.29, 0.717) is 46.2 Å². The Balaban J connectivity index is 0.000000544. The Morgan fingerprint density at radius 1 is 0.980 bits per heavy atom. The van der Waals surface area contributed by atoms with Gasteiger partial charge in [0, 0.05) is 62.2 Å². The summed E-state index contributed by atoms with van der Waals surface area (Å²) < 4.78 is 45.7. The quantitative estimate of drug-likeness (QED) is 0.170. The van der Waals surface area contributed by atoms with Crippen molar-refractivity contribution in [2.24, 2.45) is 0 Å². The standard InChI is InChI=1S/C29H32Cl2FN7O2S.C4H4O4/c1-37-11-13-38(14-12-37)19-6-8-20(9-7-19)39-16-21(26-28(33)34-17-35-29(26)39)18-5-10-24(23(32)15-18)36-42(40,41)25-4-2-3-22(30)27(25)31;5-3(6)1-2-4(7)8/h2-5,10,15-17,19-20,36H,6-9,11-14H2,1H3,(H2,33,34,35);1-2H,(H,5,6)(H,7,8)/b;2-1+. The molecule has 1 saturated carbocycles. The zero-order valence-electron chi connectivity index (χ0n) is 27.0. The van der Waals surface area contributed by atoms with Crippen molar-refractivity contribution < 1.29 is 32.6 Å². The summed E-state index contributed by atoms with van der Waals surface area (Å²) in [5.41, 5.74) is 8.04. The smallest absolute Gasteiger partial charge is 0.328 e. The number of carbonyl (C=O) groups is 2. The third-order valence-corrected chi connectivity index (χ3v) is 11.2. The summed E-state index contributed by atoms with van der Waals surface area (Å²) in [5, 5.41) is 16.2. The topological polar surface area (TPSA) is 184 Å². The van der Waals surface area contributed by atoms with Crippen LogP contribution < -0.4 is 10.5 Å². The Morgan fingerprint density at radius 3 is 2.24 bits per heavy atom. The molecule has 2 aliphatic rings. The maximum atomic E-state index is 15.4. The van der Waals surface area contributed by atoms with E-state index in [2.05, 4.69) is 36.1 Å². The van der Waals surface area contributed by atoms with Crippen LogP contribution in [-0.4, -0.2) is 94.2 Å². The number of likely N-dealkylation sites (N-methyl/N-ethyl adjacent to an activating group) is 1. The van der Waals surface area contributed by atoms with Crippen molar-refractivity contribution in [3.8, 4) is 11.1 Å². The van der Waals surface area contributed by atoms with E-state index in [1.54, 1.807) is 6.07 Å². The predicted molar refractivity (Wildman–Crippen MR) is 189 cm³/mol. The van der Waals surface area contributed by atoms with E-state index in [1.807, 2.05) is 6.20 Å². The van der Waals surface area contributed by atoms with Crippen molar-refractivity contribution >= 4 is 67.7 Å². The highest BCUT2D eigenvalue weighted by Crippen LogP contribution is 2.40. The highest BCUT2D eigenvalue weighted by atomic mass is 35.5. The zero-order valence-corrected chi connectivity index (χ0v) is 29.3. The minimum Gasteiger partial charge on any atom is -0.478 e. The minimum absolute atomic E-state index is 0.0828. The van der Waals surface area contributed by atoms with Crippen LogP contribution in [0.1, 0.15) is 31.7 Å². The largest absolute Gasteiger partial charge is 0.478 e. The molecule has 0 atom stereocenters. The van der Waals surface area contributed by atoms with Gasteiger partial charge in [0.15, 0.2) is 0 Å². The fourth-order valence-electron chi connectivity index (χ4n) is 6.29. The first-order valence-electron chi connectivity index (χ1n) is 15.7. The van der Waals surface area contributed by atoms with Gasteiger partial charge in [-0.2, -0.15) is 0 Å². The Kier molecular flexibility index (Phi) is 11.6. The van der Waals surface area contributed by atoms with Crippen LogP contribution in [0, 0.1) is 5.82 Å². The Hall–Kier alpha value is -4.28. The molecule has 266 valence electrons. The molecular formula is C33H36Cl2FN7O6S. The summed E-state index contributed by atoms with van der Waals surface area (Å²) in [5.74, 6) is -2.96. The van der Waals surface area contributed by atoms with Crippen LogP contribution in [-0.2, 0) is 19.6 Å². The van der Waals surface area contributed by atoms with Gasteiger partial charge in [-0.15, -0.1) is 0 Å². The van der Waals surface area contributed by atoms with Gasteiger partial charge in [0.2, 0.25) is 0 Å². The number of hydrogen-bond acceptors (Lipinski definition) is 9. The number of anilines is 2. The molecule has 50 heavy (non-hydrogen) atoms. The number of halogens is 3. The molecule has 0 spiro atoms. The molecule has 0 amide bonds. The molecule has 0 radical (unpaired) electrons. The number of carboxylic acids is 2. The van der Waals surface area contributed by atoms with Gasteiger partial charge in [-0.3, -0.25) is 9.62 Å². The Morgan fingerprint density at radius 2 is 1.62 bits per heavy atom. The molecule has 1 saturated heterocycles. The lowest BCUT2D eigenvalue weighted by Crippen LogP contribution is -2.49. The van der Waals surface area contributed by atoms with Gasteiger partial charge in [0.25, 0.3) is 10.0 Å². The maximum Gasteiger partial charge on any atom is 0.328 e. The molecule has 3 heterocycles. The number of carboxylic acid groups (broad SMARTS) is 2. The molecule has 2 aromatic carbocycles. The van der Waals surface area contributed by atoms with E-state index in [1.165, 1.54) is 36.7 Å². The van der Waals surface area contributed by atoms with Gasteiger partial charge in [0.1, 0.15) is 28.5 Å². The van der Waals surface area contributed by atoms with E-state index in [0.717, 1.165) is 51.9 Å². The summed E-state index contributed by atoms with van der Waals surface area (Å²) in [6.07, 6.45) is 8.75. The van der Waals surface area contributed by atoms with Gasteiger partial charge < -0.3 is 25.4 Å². The average molecular weight is 749 g/mol. The summed E-state index contributed by atoms with van der Waals surface area (Å²) in [7, 11) is -2.02. The molecule has 1 aliphatic heterocycles. The summed E-state index contributed by atoms with van der Waals surface area (Å²) in [4.78, 5) is 32.6. The van der Waals surface area contributed by atoms with Crippen molar-refractivity contribution in [3.63, 3.8) is 0 Å². The van der Waals surface area contributed by atoms with Crippen molar-refractivity contribution in [2.45, 2.75) is 42.7 Å². The second kappa shape index (κ2) is 15.7. The lowest BCUT2D eigenvalue weighted by molar-refractivity contribution is -0.134. The van der Waals surface area contributed by atoms with Gasteiger partial charge in [-0.1, -0.05) is 35.3 Å². The number of nitrogens with two attached hydrogens (primary N) is 1. The predicted octanol–water partition coefficient (Wildman–Crippen LogP) is 5.37. The third-order valence-electron chi connectivity index (χ3n) is 8.85.